The monoisotopic (exact) mass is 401 g/mol. The summed E-state index contributed by atoms with van der Waals surface area (Å²) in [7, 11) is -3.78. The first-order chi connectivity index (χ1) is 13.5. The molecule has 0 aliphatic rings. The number of nitrogens with one attached hydrogen (secondary N) is 2. The number of hydrogen-bond donors (Lipinski definition) is 2. The van der Waals surface area contributed by atoms with Gasteiger partial charge < -0.3 is 4.42 Å². The number of sulfonamides is 1. The minimum Gasteiger partial charge on any atom is -0.455 e. The zero-order valence-electron chi connectivity index (χ0n) is 14.5. The van der Waals surface area contributed by atoms with E-state index in [1.807, 2.05) is 0 Å². The second kappa shape index (κ2) is 8.59. The van der Waals surface area contributed by atoms with Crippen LogP contribution >= 0.6 is 0 Å². The van der Waals surface area contributed by atoms with E-state index < -0.39 is 28.3 Å². The van der Waals surface area contributed by atoms with Gasteiger partial charge in [-0.3, -0.25) is 4.79 Å². The third-order valence-corrected chi connectivity index (χ3v) is 5.04. The number of hydrazone groups is 1. The minimum atomic E-state index is -3.78. The summed E-state index contributed by atoms with van der Waals surface area (Å²) < 4.78 is 45.4. The fraction of sp³-hybridized carbons (Fsp3) is 0.0526. The Morgan fingerprint density at radius 2 is 1.75 bits per heavy atom. The molecule has 2 aromatic carbocycles. The molecule has 28 heavy (non-hydrogen) atoms. The molecule has 3 aromatic rings. The van der Waals surface area contributed by atoms with Crippen molar-refractivity contribution in [2.45, 2.75) is 4.90 Å². The molecule has 0 atom stereocenters. The third kappa shape index (κ3) is 4.90. The molecule has 0 saturated carbocycles. The fourth-order valence-electron chi connectivity index (χ4n) is 2.28. The average molecular weight is 401 g/mol. The molecule has 7 nitrogen and oxygen atoms in total. The molecule has 144 valence electrons. The highest BCUT2D eigenvalue weighted by molar-refractivity contribution is 7.89. The van der Waals surface area contributed by atoms with E-state index >= 15 is 0 Å². The molecule has 0 saturated heterocycles. The van der Waals surface area contributed by atoms with Gasteiger partial charge in [0, 0.05) is 0 Å². The molecule has 2 N–H and O–H groups in total. The maximum atomic E-state index is 13.7. The molecule has 0 fully saturated rings. The SMILES string of the molecule is O=C(CNS(=O)(=O)c1ccccc1)N/N=C\c1ccc(-c2ccccc2F)o1. The zero-order valence-corrected chi connectivity index (χ0v) is 15.3. The van der Waals surface area contributed by atoms with Crippen LogP contribution in [0, 0.1) is 5.82 Å². The van der Waals surface area contributed by atoms with Crippen LogP contribution in [0.1, 0.15) is 5.76 Å². The Morgan fingerprint density at radius 3 is 2.50 bits per heavy atom. The van der Waals surface area contributed by atoms with E-state index in [9.17, 15) is 17.6 Å². The Balaban J connectivity index is 1.54. The van der Waals surface area contributed by atoms with Gasteiger partial charge in [-0.2, -0.15) is 5.10 Å². The summed E-state index contributed by atoms with van der Waals surface area (Å²) in [6, 6.07) is 17.0. The fourth-order valence-corrected chi connectivity index (χ4v) is 3.28. The Hall–Kier alpha value is -3.30. The lowest BCUT2D eigenvalue weighted by molar-refractivity contribution is -0.119. The molecule has 0 aliphatic carbocycles. The lowest BCUT2D eigenvalue weighted by atomic mass is 10.1. The first kappa shape index (κ1) is 19.5. The molecule has 1 amide bonds. The van der Waals surface area contributed by atoms with Crippen LogP contribution in [0.15, 0.2) is 81.1 Å². The van der Waals surface area contributed by atoms with Crippen molar-refractivity contribution in [2.24, 2.45) is 5.10 Å². The van der Waals surface area contributed by atoms with Crippen molar-refractivity contribution in [1.29, 1.82) is 0 Å². The summed E-state index contributed by atoms with van der Waals surface area (Å²) in [6.07, 6.45) is 1.23. The van der Waals surface area contributed by atoms with Gasteiger partial charge in [-0.25, -0.2) is 23.0 Å². The van der Waals surface area contributed by atoms with Crippen LogP contribution < -0.4 is 10.1 Å². The number of furan rings is 1. The number of rotatable bonds is 7. The number of amides is 1. The number of nitrogens with zero attached hydrogens (tertiary/aromatic N) is 1. The normalized spacial score (nSPS) is 11.6. The highest BCUT2D eigenvalue weighted by atomic mass is 32.2. The van der Waals surface area contributed by atoms with Crippen LogP contribution in [0.4, 0.5) is 4.39 Å². The van der Waals surface area contributed by atoms with Gasteiger partial charge in [0.05, 0.1) is 23.2 Å². The molecule has 3 rings (SSSR count). The van der Waals surface area contributed by atoms with Crippen molar-refractivity contribution in [2.75, 3.05) is 6.54 Å². The van der Waals surface area contributed by atoms with E-state index in [2.05, 4.69) is 15.2 Å². The van der Waals surface area contributed by atoms with Crippen LogP contribution in [-0.4, -0.2) is 27.1 Å². The largest absolute Gasteiger partial charge is 0.455 e. The van der Waals surface area contributed by atoms with Crippen LogP contribution in [0.3, 0.4) is 0 Å². The van der Waals surface area contributed by atoms with Gasteiger partial charge in [0.15, 0.2) is 0 Å². The topological polar surface area (TPSA) is 101 Å². The summed E-state index contributed by atoms with van der Waals surface area (Å²) in [5, 5.41) is 3.70. The maximum Gasteiger partial charge on any atom is 0.255 e. The van der Waals surface area contributed by atoms with Crippen molar-refractivity contribution in [3.05, 3.63) is 78.3 Å². The van der Waals surface area contributed by atoms with Gasteiger partial charge in [-0.1, -0.05) is 30.3 Å². The van der Waals surface area contributed by atoms with E-state index in [1.165, 1.54) is 24.4 Å². The standard InChI is InChI=1S/C19H16FN3O4S/c20-17-9-5-4-8-16(17)18-11-10-14(27-18)12-21-23-19(24)13-22-28(25,26)15-6-2-1-3-7-15/h1-12,22H,13H2,(H,23,24)/b21-12-. The average Bonchev–Trinajstić information content (AvgIpc) is 3.16. The molecule has 0 radical (unpaired) electrons. The van der Waals surface area contributed by atoms with Crippen LogP contribution in [0.5, 0.6) is 0 Å². The van der Waals surface area contributed by atoms with E-state index in [4.69, 9.17) is 4.42 Å². The third-order valence-electron chi connectivity index (χ3n) is 3.62. The highest BCUT2D eigenvalue weighted by Crippen LogP contribution is 2.24. The first-order valence-electron chi connectivity index (χ1n) is 8.17. The number of hydrogen-bond acceptors (Lipinski definition) is 5. The lowest BCUT2D eigenvalue weighted by Gasteiger charge is -2.05. The van der Waals surface area contributed by atoms with E-state index in [0.29, 0.717) is 17.1 Å². The molecule has 1 aromatic heterocycles. The van der Waals surface area contributed by atoms with Crippen molar-refractivity contribution >= 4 is 22.1 Å². The Morgan fingerprint density at radius 1 is 1.04 bits per heavy atom. The molecule has 1 heterocycles. The van der Waals surface area contributed by atoms with Gasteiger partial charge in [0.2, 0.25) is 10.0 Å². The molecule has 9 heteroatoms. The van der Waals surface area contributed by atoms with Gasteiger partial charge in [-0.05, 0) is 36.4 Å². The van der Waals surface area contributed by atoms with Crippen molar-refractivity contribution in [3.63, 3.8) is 0 Å². The maximum absolute atomic E-state index is 13.7. The summed E-state index contributed by atoms with van der Waals surface area (Å²) >= 11 is 0. The molecule has 0 unspecified atom stereocenters. The van der Waals surface area contributed by atoms with E-state index in [-0.39, 0.29) is 4.90 Å². The second-order valence-electron chi connectivity index (χ2n) is 5.61. The Bertz CT molecular complexity index is 1100. The van der Waals surface area contributed by atoms with Crippen LogP contribution in [0.2, 0.25) is 0 Å². The summed E-state index contributed by atoms with van der Waals surface area (Å²) in [4.78, 5) is 11.8. The van der Waals surface area contributed by atoms with Crippen molar-refractivity contribution in [3.8, 4) is 11.3 Å². The molecular weight excluding hydrogens is 385 g/mol. The first-order valence-corrected chi connectivity index (χ1v) is 9.65. The van der Waals surface area contributed by atoms with Crippen LogP contribution in [-0.2, 0) is 14.8 Å². The second-order valence-corrected chi connectivity index (χ2v) is 7.38. The Labute approximate surface area is 160 Å². The van der Waals surface area contributed by atoms with E-state index in [0.717, 1.165) is 0 Å². The zero-order chi connectivity index (χ0) is 20.0. The smallest absolute Gasteiger partial charge is 0.255 e. The van der Waals surface area contributed by atoms with Crippen LogP contribution in [0.25, 0.3) is 11.3 Å². The van der Waals surface area contributed by atoms with Crippen molar-refractivity contribution < 1.29 is 22.0 Å². The number of halogens is 1. The quantitative estimate of drug-likeness (QED) is 0.469. The van der Waals surface area contributed by atoms with E-state index in [1.54, 1.807) is 48.5 Å². The Kier molecular flexibility index (Phi) is 5.97. The molecule has 0 bridgehead atoms. The number of benzene rings is 2. The molecule has 0 aliphatic heterocycles. The van der Waals surface area contributed by atoms with Gasteiger partial charge in [-0.15, -0.1) is 0 Å². The number of carbonyl (C=O) groups is 1. The molecular formula is C19H16FN3O4S. The minimum absolute atomic E-state index is 0.0579. The predicted octanol–water partition coefficient (Wildman–Crippen LogP) is 2.51. The number of carbonyl (C=O) groups excluding carboxylic acids is 1. The van der Waals surface area contributed by atoms with Crippen molar-refractivity contribution in [1.82, 2.24) is 10.1 Å². The summed E-state index contributed by atoms with van der Waals surface area (Å²) in [5.74, 6) is -0.458. The molecule has 0 spiro atoms. The summed E-state index contributed by atoms with van der Waals surface area (Å²) in [5.41, 5.74) is 2.49. The summed E-state index contributed by atoms with van der Waals surface area (Å²) in [6.45, 7) is -0.479. The van der Waals surface area contributed by atoms with Gasteiger partial charge >= 0.3 is 0 Å². The van der Waals surface area contributed by atoms with Gasteiger partial charge in [0.25, 0.3) is 5.91 Å². The lowest BCUT2D eigenvalue weighted by Crippen LogP contribution is -2.34. The highest BCUT2D eigenvalue weighted by Gasteiger charge is 2.14. The predicted molar refractivity (Wildman–Crippen MR) is 101 cm³/mol. The van der Waals surface area contributed by atoms with Gasteiger partial charge in [0.1, 0.15) is 17.3 Å².